The molecular weight excluding hydrogens is 456 g/mol. The van der Waals surface area contributed by atoms with Gasteiger partial charge in [-0.2, -0.15) is 0 Å². The second kappa shape index (κ2) is 10.0. The molecule has 1 amide bonds. The van der Waals surface area contributed by atoms with E-state index in [9.17, 15) is 4.79 Å². The molecule has 0 atom stereocenters. The van der Waals surface area contributed by atoms with Crippen molar-refractivity contribution in [2.45, 2.75) is 13.3 Å². The Hall–Kier alpha value is -4.50. The molecule has 9 nitrogen and oxygen atoms in total. The van der Waals surface area contributed by atoms with Crippen molar-refractivity contribution in [3.8, 4) is 11.5 Å². The molecule has 0 aliphatic carbocycles. The number of fused-ring (bicyclic) bond motifs is 2. The van der Waals surface area contributed by atoms with E-state index in [4.69, 9.17) is 9.47 Å². The second-order valence-corrected chi connectivity index (χ2v) is 8.46. The standard InChI is InChI=1S/C27H26N6O3/c1-17-12-18(5-9-25(17)36-20-6-8-24-23(14-20)30-16-33(24)2)32-27-21-13-19(31-26(34)10-11-35-3)4-7-22(21)28-15-29-27/h4-9,12-16H,10-11H2,1-3H3,(H,31,34)(H,28,29,32). The van der Waals surface area contributed by atoms with Gasteiger partial charge in [-0.05, 0) is 61.0 Å². The zero-order valence-electron chi connectivity index (χ0n) is 20.3. The Bertz CT molecular complexity index is 1560. The molecule has 0 unspecified atom stereocenters. The minimum absolute atomic E-state index is 0.115. The third kappa shape index (κ3) is 4.96. The summed E-state index contributed by atoms with van der Waals surface area (Å²) in [6.07, 6.45) is 3.59. The maximum absolute atomic E-state index is 12.1. The van der Waals surface area contributed by atoms with Gasteiger partial charge in [0.05, 0.1) is 35.9 Å². The number of anilines is 3. The number of carbonyl (C=O) groups is 1. The fraction of sp³-hybridized carbons (Fsp3) is 0.185. The van der Waals surface area contributed by atoms with Gasteiger partial charge in [0.25, 0.3) is 0 Å². The van der Waals surface area contributed by atoms with Crippen molar-refractivity contribution in [2.75, 3.05) is 24.4 Å². The van der Waals surface area contributed by atoms with Crippen LogP contribution in [-0.4, -0.2) is 39.1 Å². The minimum atomic E-state index is -0.115. The van der Waals surface area contributed by atoms with Crippen LogP contribution in [0.15, 0.2) is 67.3 Å². The van der Waals surface area contributed by atoms with Gasteiger partial charge in [0.1, 0.15) is 23.6 Å². The van der Waals surface area contributed by atoms with Crippen LogP contribution in [0.5, 0.6) is 11.5 Å². The van der Waals surface area contributed by atoms with Gasteiger partial charge < -0.3 is 24.7 Å². The lowest BCUT2D eigenvalue weighted by molar-refractivity contribution is -0.117. The van der Waals surface area contributed by atoms with Crippen molar-refractivity contribution in [1.29, 1.82) is 0 Å². The van der Waals surface area contributed by atoms with Gasteiger partial charge in [-0.1, -0.05) is 0 Å². The van der Waals surface area contributed by atoms with Crippen LogP contribution in [-0.2, 0) is 16.6 Å². The summed E-state index contributed by atoms with van der Waals surface area (Å²) in [5.74, 6) is 2.01. The maximum atomic E-state index is 12.1. The molecule has 2 heterocycles. The normalized spacial score (nSPS) is 11.1. The van der Waals surface area contributed by atoms with Crippen molar-refractivity contribution in [2.24, 2.45) is 7.05 Å². The van der Waals surface area contributed by atoms with E-state index in [-0.39, 0.29) is 12.3 Å². The molecule has 5 aromatic rings. The lowest BCUT2D eigenvalue weighted by Gasteiger charge is -2.13. The van der Waals surface area contributed by atoms with Crippen LogP contribution in [0.3, 0.4) is 0 Å². The summed E-state index contributed by atoms with van der Waals surface area (Å²) in [5, 5.41) is 7.05. The number of imidazole rings is 1. The number of amides is 1. The fourth-order valence-electron chi connectivity index (χ4n) is 3.94. The zero-order chi connectivity index (χ0) is 25.1. The Morgan fingerprint density at radius 1 is 0.972 bits per heavy atom. The van der Waals surface area contributed by atoms with Gasteiger partial charge in [0.15, 0.2) is 0 Å². The highest BCUT2D eigenvalue weighted by Gasteiger charge is 2.10. The molecule has 3 aromatic carbocycles. The topological polar surface area (TPSA) is 103 Å². The van der Waals surface area contributed by atoms with Gasteiger partial charge in [-0.15, -0.1) is 0 Å². The number of aromatic nitrogens is 4. The SMILES string of the molecule is COCCC(=O)Nc1ccc2ncnc(Nc3ccc(Oc4ccc5c(c4)ncn5C)c(C)c3)c2c1. The summed E-state index contributed by atoms with van der Waals surface area (Å²) >= 11 is 0. The average Bonchev–Trinajstić information content (AvgIpc) is 3.24. The highest BCUT2D eigenvalue weighted by Crippen LogP contribution is 2.31. The molecule has 0 saturated carbocycles. The first-order chi connectivity index (χ1) is 17.5. The third-order valence-corrected chi connectivity index (χ3v) is 5.81. The van der Waals surface area contributed by atoms with E-state index in [1.165, 1.54) is 6.33 Å². The summed E-state index contributed by atoms with van der Waals surface area (Å²) < 4.78 is 13.1. The van der Waals surface area contributed by atoms with E-state index in [2.05, 4.69) is 25.6 Å². The lowest BCUT2D eigenvalue weighted by Crippen LogP contribution is -2.13. The van der Waals surface area contributed by atoms with E-state index < -0.39 is 0 Å². The van der Waals surface area contributed by atoms with Crippen molar-refractivity contribution in [3.63, 3.8) is 0 Å². The van der Waals surface area contributed by atoms with E-state index in [0.717, 1.165) is 44.7 Å². The van der Waals surface area contributed by atoms with Crippen LogP contribution in [0.25, 0.3) is 21.9 Å². The molecule has 0 fully saturated rings. The molecule has 182 valence electrons. The van der Waals surface area contributed by atoms with Crippen molar-refractivity contribution in [3.05, 3.63) is 72.8 Å². The number of ether oxygens (including phenoxy) is 2. The van der Waals surface area contributed by atoms with Crippen LogP contribution < -0.4 is 15.4 Å². The Morgan fingerprint density at radius 3 is 2.67 bits per heavy atom. The van der Waals surface area contributed by atoms with Gasteiger partial charge >= 0.3 is 0 Å². The Morgan fingerprint density at radius 2 is 1.83 bits per heavy atom. The molecule has 0 aliphatic rings. The first-order valence-corrected chi connectivity index (χ1v) is 11.5. The quantitative estimate of drug-likeness (QED) is 0.308. The summed E-state index contributed by atoms with van der Waals surface area (Å²) in [7, 11) is 3.53. The van der Waals surface area contributed by atoms with Crippen LogP contribution in [0.4, 0.5) is 17.2 Å². The Balaban J connectivity index is 1.35. The molecule has 5 rings (SSSR count). The number of methoxy groups -OCH3 is 1. The van der Waals surface area contributed by atoms with Crippen LogP contribution in [0.2, 0.25) is 0 Å². The van der Waals surface area contributed by atoms with E-state index in [0.29, 0.717) is 18.1 Å². The van der Waals surface area contributed by atoms with Crippen molar-refractivity contribution in [1.82, 2.24) is 19.5 Å². The molecule has 0 radical (unpaired) electrons. The average molecular weight is 483 g/mol. The highest BCUT2D eigenvalue weighted by molar-refractivity contribution is 5.97. The first kappa shape index (κ1) is 23.3. The largest absolute Gasteiger partial charge is 0.457 e. The lowest BCUT2D eigenvalue weighted by atomic mass is 10.1. The predicted molar refractivity (Wildman–Crippen MR) is 140 cm³/mol. The van der Waals surface area contributed by atoms with Gasteiger partial charge in [-0.25, -0.2) is 15.0 Å². The number of benzene rings is 3. The molecule has 0 spiro atoms. The summed E-state index contributed by atoms with van der Waals surface area (Å²) in [5.41, 5.74) is 5.19. The molecule has 36 heavy (non-hydrogen) atoms. The van der Waals surface area contributed by atoms with Crippen LogP contribution in [0, 0.1) is 6.92 Å². The van der Waals surface area contributed by atoms with Gasteiger partial charge in [-0.3, -0.25) is 4.79 Å². The molecule has 9 heteroatoms. The fourth-order valence-corrected chi connectivity index (χ4v) is 3.94. The summed E-state index contributed by atoms with van der Waals surface area (Å²) in [6.45, 7) is 2.36. The molecule has 0 saturated heterocycles. The van der Waals surface area contributed by atoms with E-state index in [1.807, 2.05) is 73.1 Å². The number of hydrogen-bond acceptors (Lipinski definition) is 7. The molecule has 2 aromatic heterocycles. The molecule has 0 aliphatic heterocycles. The number of rotatable bonds is 8. The maximum Gasteiger partial charge on any atom is 0.226 e. The molecule has 0 bridgehead atoms. The highest BCUT2D eigenvalue weighted by atomic mass is 16.5. The number of nitrogens with zero attached hydrogens (tertiary/aromatic N) is 4. The number of aryl methyl sites for hydroxylation is 2. The molecule has 2 N–H and O–H groups in total. The zero-order valence-corrected chi connectivity index (χ0v) is 20.3. The van der Waals surface area contributed by atoms with E-state index in [1.54, 1.807) is 13.4 Å². The monoisotopic (exact) mass is 482 g/mol. The minimum Gasteiger partial charge on any atom is -0.457 e. The van der Waals surface area contributed by atoms with E-state index >= 15 is 0 Å². The molecular formula is C27H26N6O3. The first-order valence-electron chi connectivity index (χ1n) is 11.5. The smallest absolute Gasteiger partial charge is 0.226 e. The Labute approximate surface area is 208 Å². The van der Waals surface area contributed by atoms with Gasteiger partial charge in [0, 0.05) is 37.0 Å². The van der Waals surface area contributed by atoms with Gasteiger partial charge in [0.2, 0.25) is 5.91 Å². The summed E-state index contributed by atoms with van der Waals surface area (Å²) in [4.78, 5) is 25.3. The van der Waals surface area contributed by atoms with Crippen molar-refractivity contribution >= 4 is 45.0 Å². The number of hydrogen-bond donors (Lipinski definition) is 2. The predicted octanol–water partition coefficient (Wildman–Crippen LogP) is 5.34. The number of nitrogens with one attached hydrogen (secondary N) is 2. The second-order valence-electron chi connectivity index (χ2n) is 8.46. The van der Waals surface area contributed by atoms with Crippen molar-refractivity contribution < 1.29 is 14.3 Å². The van der Waals surface area contributed by atoms with Crippen LogP contribution >= 0.6 is 0 Å². The Kier molecular flexibility index (Phi) is 6.46. The summed E-state index contributed by atoms with van der Waals surface area (Å²) in [6, 6.07) is 17.3. The van der Waals surface area contributed by atoms with Crippen LogP contribution in [0.1, 0.15) is 12.0 Å². The third-order valence-electron chi connectivity index (χ3n) is 5.81. The number of carbonyl (C=O) groups excluding carboxylic acids is 1.